The van der Waals surface area contributed by atoms with Crippen LogP contribution in [-0.2, 0) is 11.3 Å². The van der Waals surface area contributed by atoms with Crippen LogP contribution >= 0.6 is 0 Å². The second-order valence-electron chi connectivity index (χ2n) is 8.55. The molecule has 0 spiro atoms. The Morgan fingerprint density at radius 1 is 1.20 bits per heavy atom. The summed E-state index contributed by atoms with van der Waals surface area (Å²) in [4.78, 5) is 11.7. The fourth-order valence-electron chi connectivity index (χ4n) is 4.33. The number of hydrogen-bond acceptors (Lipinski definition) is 4. The summed E-state index contributed by atoms with van der Waals surface area (Å²) < 4.78 is 5.38. The Balaban J connectivity index is 1.77. The number of guanidine groups is 1. The fraction of sp³-hybridized carbons (Fsp3) is 0.583. The highest BCUT2D eigenvalue weighted by molar-refractivity contribution is 5.85. The number of pyridine rings is 1. The quantitative estimate of drug-likeness (QED) is 0.483. The Hall–Kier alpha value is -2.34. The molecule has 6 heteroatoms. The van der Waals surface area contributed by atoms with Gasteiger partial charge in [-0.3, -0.25) is 0 Å². The summed E-state index contributed by atoms with van der Waals surface area (Å²) in [6.07, 6.45) is 6.27. The molecule has 6 nitrogen and oxygen atoms in total. The molecule has 3 rings (SSSR count). The van der Waals surface area contributed by atoms with E-state index in [1.54, 1.807) is 7.11 Å². The second-order valence-corrected chi connectivity index (χ2v) is 8.55. The van der Waals surface area contributed by atoms with Gasteiger partial charge in [0.2, 0.25) is 0 Å². The maximum absolute atomic E-state index is 5.38. The molecule has 0 amide bonds. The molecule has 0 aliphatic heterocycles. The minimum absolute atomic E-state index is 0.327. The van der Waals surface area contributed by atoms with Crippen LogP contribution in [0.15, 0.2) is 35.3 Å². The average molecular weight is 412 g/mol. The van der Waals surface area contributed by atoms with E-state index in [1.807, 2.05) is 25.1 Å². The highest BCUT2D eigenvalue weighted by atomic mass is 16.5. The first-order valence-corrected chi connectivity index (χ1v) is 11.1. The van der Waals surface area contributed by atoms with Crippen molar-refractivity contribution in [2.45, 2.75) is 45.6 Å². The number of methoxy groups -OCH3 is 1. The van der Waals surface area contributed by atoms with Crippen molar-refractivity contribution >= 4 is 22.7 Å². The number of fused-ring (bicyclic) bond motifs is 1. The largest absolute Gasteiger partial charge is 0.385 e. The van der Waals surface area contributed by atoms with E-state index in [0.717, 1.165) is 48.8 Å². The SMILES string of the molecule is CCNC(=NCc1cc(N(C)C)nc2ccccc12)NCC1(CCOC)CCCC1. The first-order valence-electron chi connectivity index (χ1n) is 11.1. The predicted molar refractivity (Wildman–Crippen MR) is 126 cm³/mol. The Morgan fingerprint density at radius 2 is 1.97 bits per heavy atom. The van der Waals surface area contributed by atoms with Gasteiger partial charge in [0, 0.05) is 46.3 Å². The molecular formula is C24H37N5O. The minimum atomic E-state index is 0.327. The molecule has 1 aliphatic rings. The van der Waals surface area contributed by atoms with Crippen LogP contribution < -0.4 is 15.5 Å². The summed E-state index contributed by atoms with van der Waals surface area (Å²) in [5.41, 5.74) is 2.53. The Labute approximate surface area is 181 Å². The smallest absolute Gasteiger partial charge is 0.191 e. The molecule has 2 aromatic rings. The first kappa shape index (κ1) is 22.3. The highest BCUT2D eigenvalue weighted by Gasteiger charge is 2.33. The lowest BCUT2D eigenvalue weighted by atomic mass is 9.83. The number of aromatic nitrogens is 1. The molecule has 1 fully saturated rings. The molecule has 1 saturated carbocycles. The molecule has 164 valence electrons. The van der Waals surface area contributed by atoms with Gasteiger partial charge in [0.05, 0.1) is 12.1 Å². The van der Waals surface area contributed by atoms with Gasteiger partial charge in [0.1, 0.15) is 5.82 Å². The third-order valence-corrected chi connectivity index (χ3v) is 6.13. The van der Waals surface area contributed by atoms with Crippen LogP contribution in [0.5, 0.6) is 0 Å². The van der Waals surface area contributed by atoms with E-state index in [1.165, 1.54) is 31.2 Å². The fourth-order valence-corrected chi connectivity index (χ4v) is 4.33. The van der Waals surface area contributed by atoms with Crippen molar-refractivity contribution in [3.05, 3.63) is 35.9 Å². The van der Waals surface area contributed by atoms with Gasteiger partial charge < -0.3 is 20.3 Å². The maximum atomic E-state index is 5.38. The molecule has 2 N–H and O–H groups in total. The number of nitrogens with one attached hydrogen (secondary N) is 2. The predicted octanol–water partition coefficient (Wildman–Crippen LogP) is 3.95. The summed E-state index contributed by atoms with van der Waals surface area (Å²) in [7, 11) is 5.84. The maximum Gasteiger partial charge on any atom is 0.191 e. The van der Waals surface area contributed by atoms with Crippen LogP contribution in [0, 0.1) is 5.41 Å². The van der Waals surface area contributed by atoms with Gasteiger partial charge in [-0.2, -0.15) is 0 Å². The van der Waals surface area contributed by atoms with Gasteiger partial charge in [-0.05, 0) is 49.3 Å². The molecule has 1 aliphatic carbocycles. The number of nitrogens with zero attached hydrogens (tertiary/aromatic N) is 3. The van der Waals surface area contributed by atoms with E-state index in [-0.39, 0.29) is 0 Å². The molecular weight excluding hydrogens is 374 g/mol. The molecule has 0 atom stereocenters. The van der Waals surface area contributed by atoms with Crippen LogP contribution in [0.25, 0.3) is 10.9 Å². The van der Waals surface area contributed by atoms with Crippen molar-refractivity contribution in [2.24, 2.45) is 10.4 Å². The second kappa shape index (κ2) is 10.6. The molecule has 1 heterocycles. The zero-order chi connectivity index (χ0) is 21.4. The van der Waals surface area contributed by atoms with Crippen molar-refractivity contribution in [1.29, 1.82) is 0 Å². The number of anilines is 1. The number of hydrogen-bond donors (Lipinski definition) is 2. The molecule has 1 aromatic carbocycles. The third-order valence-electron chi connectivity index (χ3n) is 6.13. The summed E-state index contributed by atoms with van der Waals surface area (Å²) in [5.74, 6) is 1.84. The zero-order valence-electron chi connectivity index (χ0n) is 19.0. The molecule has 1 aromatic heterocycles. The number of benzene rings is 1. The van der Waals surface area contributed by atoms with Gasteiger partial charge in [0.15, 0.2) is 5.96 Å². The summed E-state index contributed by atoms with van der Waals surface area (Å²) >= 11 is 0. The number of aliphatic imine (C=N–C) groups is 1. The standard InChI is InChI=1S/C24H37N5O/c1-5-25-23(27-18-24(14-15-30-4)12-8-9-13-24)26-17-19-16-22(29(2)3)28-21-11-7-6-10-20(19)21/h6-7,10-11,16H,5,8-9,12-15,17-18H2,1-4H3,(H2,25,26,27). The molecule has 0 unspecified atom stereocenters. The number of para-hydroxylation sites is 1. The Morgan fingerprint density at radius 3 is 2.67 bits per heavy atom. The summed E-state index contributed by atoms with van der Waals surface area (Å²) in [6.45, 7) is 5.34. The van der Waals surface area contributed by atoms with Crippen LogP contribution in [0.1, 0.15) is 44.6 Å². The van der Waals surface area contributed by atoms with E-state index in [4.69, 9.17) is 14.7 Å². The number of rotatable bonds is 9. The Bertz CT molecular complexity index is 843. The van der Waals surface area contributed by atoms with Gasteiger partial charge in [-0.25, -0.2) is 9.98 Å². The van der Waals surface area contributed by atoms with Crippen LogP contribution in [0.2, 0.25) is 0 Å². The van der Waals surface area contributed by atoms with Crippen molar-refractivity contribution in [2.75, 3.05) is 45.8 Å². The van der Waals surface area contributed by atoms with Crippen molar-refractivity contribution < 1.29 is 4.74 Å². The van der Waals surface area contributed by atoms with Crippen LogP contribution in [-0.4, -0.2) is 51.8 Å². The molecule has 30 heavy (non-hydrogen) atoms. The lowest BCUT2D eigenvalue weighted by molar-refractivity contribution is 0.138. The lowest BCUT2D eigenvalue weighted by Crippen LogP contribution is -2.43. The van der Waals surface area contributed by atoms with E-state index in [0.29, 0.717) is 12.0 Å². The van der Waals surface area contributed by atoms with Gasteiger partial charge in [-0.15, -0.1) is 0 Å². The van der Waals surface area contributed by atoms with E-state index >= 15 is 0 Å². The lowest BCUT2D eigenvalue weighted by Gasteiger charge is -2.30. The number of ether oxygens (including phenoxy) is 1. The Kier molecular flexibility index (Phi) is 7.91. The average Bonchev–Trinajstić information content (AvgIpc) is 3.23. The normalized spacial score (nSPS) is 16.1. The van der Waals surface area contributed by atoms with Crippen molar-refractivity contribution in [1.82, 2.24) is 15.6 Å². The van der Waals surface area contributed by atoms with Crippen LogP contribution in [0.4, 0.5) is 5.82 Å². The van der Waals surface area contributed by atoms with Crippen LogP contribution in [0.3, 0.4) is 0 Å². The third kappa shape index (κ3) is 5.63. The van der Waals surface area contributed by atoms with E-state index < -0.39 is 0 Å². The minimum Gasteiger partial charge on any atom is -0.385 e. The van der Waals surface area contributed by atoms with E-state index in [9.17, 15) is 0 Å². The van der Waals surface area contributed by atoms with Crippen molar-refractivity contribution in [3.63, 3.8) is 0 Å². The highest BCUT2D eigenvalue weighted by Crippen LogP contribution is 2.40. The van der Waals surface area contributed by atoms with E-state index in [2.05, 4.69) is 41.8 Å². The topological polar surface area (TPSA) is 61.8 Å². The monoisotopic (exact) mass is 411 g/mol. The molecule has 0 radical (unpaired) electrons. The van der Waals surface area contributed by atoms with Gasteiger partial charge >= 0.3 is 0 Å². The summed E-state index contributed by atoms with van der Waals surface area (Å²) in [6, 6.07) is 10.4. The van der Waals surface area contributed by atoms with Gasteiger partial charge in [0.25, 0.3) is 0 Å². The zero-order valence-corrected chi connectivity index (χ0v) is 19.0. The van der Waals surface area contributed by atoms with Gasteiger partial charge in [-0.1, -0.05) is 31.0 Å². The van der Waals surface area contributed by atoms with Crippen molar-refractivity contribution in [3.8, 4) is 0 Å². The molecule has 0 saturated heterocycles. The first-order chi connectivity index (χ1) is 14.6. The molecule has 0 bridgehead atoms. The summed E-state index contributed by atoms with van der Waals surface area (Å²) in [5, 5.41) is 8.20.